The molecule has 1 saturated carbocycles. The van der Waals surface area contributed by atoms with Gasteiger partial charge in [0.25, 0.3) is 11.5 Å². The number of aryl methyl sites for hydroxylation is 1. The van der Waals surface area contributed by atoms with Crippen molar-refractivity contribution in [1.82, 2.24) is 15.1 Å². The molecule has 2 aromatic rings. The number of halogens is 1. The fraction of sp³-hybridized carbons (Fsp3) is 0.312. The summed E-state index contributed by atoms with van der Waals surface area (Å²) in [5.74, 6) is 0.167. The van der Waals surface area contributed by atoms with Gasteiger partial charge in [0.15, 0.2) is 0 Å². The van der Waals surface area contributed by atoms with Gasteiger partial charge in [-0.15, -0.1) is 0 Å². The third kappa shape index (κ3) is 3.20. The van der Waals surface area contributed by atoms with Crippen molar-refractivity contribution in [2.24, 2.45) is 13.0 Å². The van der Waals surface area contributed by atoms with E-state index in [0.717, 1.165) is 23.1 Å². The molecule has 5 nitrogen and oxygen atoms in total. The van der Waals surface area contributed by atoms with Gasteiger partial charge in [0.05, 0.1) is 6.04 Å². The van der Waals surface area contributed by atoms with E-state index in [-0.39, 0.29) is 23.2 Å². The van der Waals surface area contributed by atoms with Crippen molar-refractivity contribution in [2.45, 2.75) is 18.9 Å². The predicted octanol–water partition coefficient (Wildman–Crippen LogP) is 2.31. The van der Waals surface area contributed by atoms with Crippen molar-refractivity contribution in [1.29, 1.82) is 0 Å². The summed E-state index contributed by atoms with van der Waals surface area (Å²) >= 11 is 5.92. The Balaban J connectivity index is 1.81. The Morgan fingerprint density at radius 2 is 1.95 bits per heavy atom. The number of hydrogen-bond acceptors (Lipinski definition) is 3. The quantitative estimate of drug-likeness (QED) is 0.941. The lowest BCUT2D eigenvalue weighted by atomic mass is 10.0. The van der Waals surface area contributed by atoms with E-state index in [1.165, 1.54) is 19.2 Å². The number of rotatable bonds is 4. The molecule has 1 fully saturated rings. The number of benzene rings is 1. The van der Waals surface area contributed by atoms with Gasteiger partial charge in [-0.3, -0.25) is 9.59 Å². The third-order valence-electron chi connectivity index (χ3n) is 3.80. The van der Waals surface area contributed by atoms with Crippen LogP contribution in [-0.4, -0.2) is 15.7 Å². The van der Waals surface area contributed by atoms with Gasteiger partial charge in [0.1, 0.15) is 5.69 Å². The molecule has 0 spiro atoms. The molecular weight excluding hydrogens is 302 g/mol. The standard InChI is InChI=1S/C16H16ClN3O2/c1-20-14(21)9-8-13(19-20)16(22)18-15(10-2-3-10)11-4-6-12(17)7-5-11/h4-10,15H,2-3H2,1H3,(H,18,22). The molecule has 0 saturated heterocycles. The first-order chi connectivity index (χ1) is 10.5. The van der Waals surface area contributed by atoms with Gasteiger partial charge in [-0.2, -0.15) is 5.10 Å². The zero-order chi connectivity index (χ0) is 15.7. The summed E-state index contributed by atoms with van der Waals surface area (Å²) in [6.07, 6.45) is 2.18. The number of aromatic nitrogens is 2. The predicted molar refractivity (Wildman–Crippen MR) is 83.9 cm³/mol. The lowest BCUT2D eigenvalue weighted by Crippen LogP contribution is -2.32. The minimum atomic E-state index is -0.276. The van der Waals surface area contributed by atoms with E-state index in [0.29, 0.717) is 10.9 Å². The van der Waals surface area contributed by atoms with Crippen LogP contribution in [0.1, 0.15) is 34.9 Å². The highest BCUT2D eigenvalue weighted by Crippen LogP contribution is 2.41. The molecule has 1 aliphatic rings. The van der Waals surface area contributed by atoms with Crippen molar-refractivity contribution in [3.63, 3.8) is 0 Å². The van der Waals surface area contributed by atoms with Gasteiger partial charge in [0, 0.05) is 18.1 Å². The van der Waals surface area contributed by atoms with Crippen molar-refractivity contribution in [2.75, 3.05) is 0 Å². The van der Waals surface area contributed by atoms with Crippen LogP contribution in [0.5, 0.6) is 0 Å². The van der Waals surface area contributed by atoms with E-state index in [2.05, 4.69) is 10.4 Å². The van der Waals surface area contributed by atoms with Gasteiger partial charge in [-0.05, 0) is 42.5 Å². The molecule has 1 atom stereocenters. The highest BCUT2D eigenvalue weighted by atomic mass is 35.5. The third-order valence-corrected chi connectivity index (χ3v) is 4.05. The van der Waals surface area contributed by atoms with Crippen molar-refractivity contribution in [3.05, 3.63) is 63.0 Å². The van der Waals surface area contributed by atoms with Gasteiger partial charge >= 0.3 is 0 Å². The Bertz CT molecular complexity index is 751. The van der Waals surface area contributed by atoms with Crippen LogP contribution in [0.15, 0.2) is 41.2 Å². The number of amides is 1. The Labute approximate surface area is 132 Å². The van der Waals surface area contributed by atoms with E-state index in [1.54, 1.807) is 0 Å². The Hall–Kier alpha value is -2.14. The molecule has 0 bridgehead atoms. The smallest absolute Gasteiger partial charge is 0.272 e. The largest absolute Gasteiger partial charge is 0.344 e. The van der Waals surface area contributed by atoms with Crippen LogP contribution >= 0.6 is 11.6 Å². The van der Waals surface area contributed by atoms with Crippen LogP contribution in [0.2, 0.25) is 5.02 Å². The zero-order valence-electron chi connectivity index (χ0n) is 12.1. The van der Waals surface area contributed by atoms with Crippen LogP contribution in [0.3, 0.4) is 0 Å². The summed E-state index contributed by atoms with van der Waals surface area (Å²) in [6, 6.07) is 10.2. The molecule has 3 rings (SSSR count). The molecule has 0 radical (unpaired) electrons. The maximum absolute atomic E-state index is 12.4. The molecular formula is C16H16ClN3O2. The maximum Gasteiger partial charge on any atom is 0.272 e. The molecule has 1 aromatic heterocycles. The topological polar surface area (TPSA) is 64.0 Å². The monoisotopic (exact) mass is 317 g/mol. The molecule has 114 valence electrons. The SMILES string of the molecule is Cn1nc(C(=O)NC(c2ccc(Cl)cc2)C2CC2)ccc1=O. The number of nitrogens with zero attached hydrogens (tertiary/aromatic N) is 2. The number of hydrogen-bond donors (Lipinski definition) is 1. The highest BCUT2D eigenvalue weighted by molar-refractivity contribution is 6.30. The van der Waals surface area contributed by atoms with Gasteiger partial charge in [0.2, 0.25) is 0 Å². The Morgan fingerprint density at radius 3 is 2.55 bits per heavy atom. The maximum atomic E-state index is 12.4. The average Bonchev–Trinajstić information content (AvgIpc) is 3.33. The first-order valence-corrected chi connectivity index (χ1v) is 7.53. The lowest BCUT2D eigenvalue weighted by Gasteiger charge is -2.18. The lowest BCUT2D eigenvalue weighted by molar-refractivity contribution is 0.0924. The normalized spacial score (nSPS) is 15.4. The molecule has 1 aromatic carbocycles. The Kier molecular flexibility index (Phi) is 3.98. The second-order valence-electron chi connectivity index (χ2n) is 5.52. The number of carbonyl (C=O) groups excluding carboxylic acids is 1. The molecule has 0 aliphatic heterocycles. The second-order valence-corrected chi connectivity index (χ2v) is 5.96. The minimum Gasteiger partial charge on any atom is -0.344 e. The van der Waals surface area contributed by atoms with Gasteiger partial charge < -0.3 is 5.32 Å². The summed E-state index contributed by atoms with van der Waals surface area (Å²) in [6.45, 7) is 0. The summed E-state index contributed by atoms with van der Waals surface area (Å²) in [5, 5.41) is 7.67. The fourth-order valence-electron chi connectivity index (χ4n) is 2.41. The summed E-state index contributed by atoms with van der Waals surface area (Å²) in [4.78, 5) is 23.7. The average molecular weight is 318 g/mol. The van der Waals surface area contributed by atoms with Crippen molar-refractivity contribution < 1.29 is 4.79 Å². The van der Waals surface area contributed by atoms with E-state index in [9.17, 15) is 9.59 Å². The van der Waals surface area contributed by atoms with E-state index in [4.69, 9.17) is 11.6 Å². The molecule has 1 unspecified atom stereocenters. The molecule has 1 heterocycles. The first kappa shape index (κ1) is 14.8. The van der Waals surface area contributed by atoms with E-state index in [1.807, 2.05) is 24.3 Å². The van der Waals surface area contributed by atoms with Crippen LogP contribution < -0.4 is 10.9 Å². The van der Waals surface area contributed by atoms with E-state index < -0.39 is 0 Å². The van der Waals surface area contributed by atoms with E-state index >= 15 is 0 Å². The zero-order valence-corrected chi connectivity index (χ0v) is 12.9. The van der Waals surface area contributed by atoms with Crippen LogP contribution in [-0.2, 0) is 7.05 Å². The summed E-state index contributed by atoms with van der Waals surface area (Å²) < 4.78 is 1.16. The number of carbonyl (C=O) groups is 1. The minimum absolute atomic E-state index is 0.0520. The van der Waals surface area contributed by atoms with Crippen molar-refractivity contribution in [3.8, 4) is 0 Å². The second kappa shape index (κ2) is 5.93. The molecule has 22 heavy (non-hydrogen) atoms. The number of nitrogens with one attached hydrogen (secondary N) is 1. The van der Waals surface area contributed by atoms with Gasteiger partial charge in [-0.1, -0.05) is 23.7 Å². The Morgan fingerprint density at radius 1 is 1.27 bits per heavy atom. The highest BCUT2D eigenvalue weighted by Gasteiger charge is 2.33. The summed E-state index contributed by atoms with van der Waals surface area (Å²) in [7, 11) is 1.52. The fourth-order valence-corrected chi connectivity index (χ4v) is 2.54. The summed E-state index contributed by atoms with van der Waals surface area (Å²) in [5.41, 5.74) is 1.03. The molecule has 1 N–H and O–H groups in total. The van der Waals surface area contributed by atoms with Crippen LogP contribution in [0.25, 0.3) is 0 Å². The first-order valence-electron chi connectivity index (χ1n) is 7.15. The van der Waals surface area contributed by atoms with Crippen LogP contribution in [0, 0.1) is 5.92 Å². The van der Waals surface area contributed by atoms with Crippen molar-refractivity contribution >= 4 is 17.5 Å². The van der Waals surface area contributed by atoms with Gasteiger partial charge in [-0.25, -0.2) is 4.68 Å². The molecule has 1 aliphatic carbocycles. The molecule has 6 heteroatoms. The molecule has 1 amide bonds. The van der Waals surface area contributed by atoms with Crippen LogP contribution in [0.4, 0.5) is 0 Å².